The lowest BCUT2D eigenvalue weighted by Gasteiger charge is -2.22. The smallest absolute Gasteiger partial charge is 0.253 e. The lowest BCUT2D eigenvalue weighted by atomic mass is 9.95. The summed E-state index contributed by atoms with van der Waals surface area (Å²) >= 11 is 0. The summed E-state index contributed by atoms with van der Waals surface area (Å²) in [6.07, 6.45) is 7.24. The maximum absolute atomic E-state index is 11.9. The van der Waals surface area contributed by atoms with E-state index in [4.69, 9.17) is 5.26 Å². The maximum atomic E-state index is 11.9. The van der Waals surface area contributed by atoms with Gasteiger partial charge in [-0.1, -0.05) is 19.3 Å². The van der Waals surface area contributed by atoms with Crippen molar-refractivity contribution in [1.29, 1.82) is 5.26 Å². The number of amides is 1. The fourth-order valence-corrected chi connectivity index (χ4v) is 2.11. The monoisotopic (exact) mass is 229 g/mol. The third kappa shape index (κ3) is 3.04. The van der Waals surface area contributed by atoms with Crippen molar-refractivity contribution in [1.82, 2.24) is 10.3 Å². The van der Waals surface area contributed by atoms with Gasteiger partial charge < -0.3 is 5.32 Å². The van der Waals surface area contributed by atoms with Crippen LogP contribution in [0.1, 0.15) is 48.2 Å². The molecule has 4 nitrogen and oxygen atoms in total. The number of rotatable bonds is 2. The van der Waals surface area contributed by atoms with Crippen LogP contribution in [0.3, 0.4) is 0 Å². The lowest BCUT2D eigenvalue weighted by Crippen LogP contribution is -2.36. The van der Waals surface area contributed by atoms with E-state index in [-0.39, 0.29) is 5.91 Å². The van der Waals surface area contributed by atoms with E-state index in [1.54, 1.807) is 12.1 Å². The molecule has 0 aromatic carbocycles. The molecule has 88 valence electrons. The van der Waals surface area contributed by atoms with Crippen LogP contribution < -0.4 is 5.32 Å². The van der Waals surface area contributed by atoms with E-state index in [9.17, 15) is 4.79 Å². The summed E-state index contributed by atoms with van der Waals surface area (Å²) in [7, 11) is 0. The van der Waals surface area contributed by atoms with Crippen LogP contribution in [0, 0.1) is 11.3 Å². The Morgan fingerprint density at radius 3 is 2.71 bits per heavy atom. The third-order valence-corrected chi connectivity index (χ3v) is 3.08. The summed E-state index contributed by atoms with van der Waals surface area (Å²) in [5, 5.41) is 11.6. The van der Waals surface area contributed by atoms with Gasteiger partial charge in [0.1, 0.15) is 11.8 Å². The molecule has 1 aromatic rings. The third-order valence-electron chi connectivity index (χ3n) is 3.08. The lowest BCUT2D eigenvalue weighted by molar-refractivity contribution is 0.0927. The molecule has 0 bridgehead atoms. The number of nitrogens with zero attached hydrogens (tertiary/aromatic N) is 2. The van der Waals surface area contributed by atoms with Crippen molar-refractivity contribution in [3.05, 3.63) is 29.6 Å². The Morgan fingerprint density at radius 1 is 1.35 bits per heavy atom. The Kier molecular flexibility index (Phi) is 3.71. The highest BCUT2D eigenvalue weighted by atomic mass is 16.1. The van der Waals surface area contributed by atoms with E-state index in [1.165, 1.54) is 25.5 Å². The van der Waals surface area contributed by atoms with Gasteiger partial charge in [0.05, 0.1) is 5.56 Å². The SMILES string of the molecule is N#Cc1ccc(C(=O)NC2CCCCC2)cn1. The Hall–Kier alpha value is -1.89. The minimum Gasteiger partial charge on any atom is -0.349 e. The fourth-order valence-electron chi connectivity index (χ4n) is 2.11. The van der Waals surface area contributed by atoms with Gasteiger partial charge in [-0.25, -0.2) is 4.98 Å². The molecule has 1 heterocycles. The van der Waals surface area contributed by atoms with E-state index in [0.29, 0.717) is 17.3 Å². The molecular weight excluding hydrogens is 214 g/mol. The Balaban J connectivity index is 1.96. The van der Waals surface area contributed by atoms with E-state index in [1.807, 2.05) is 6.07 Å². The number of carbonyl (C=O) groups is 1. The molecule has 1 N–H and O–H groups in total. The van der Waals surface area contributed by atoms with Gasteiger partial charge in [0.25, 0.3) is 5.91 Å². The maximum Gasteiger partial charge on any atom is 0.253 e. The number of nitrogens with one attached hydrogen (secondary N) is 1. The second-order valence-electron chi connectivity index (χ2n) is 4.35. The molecule has 0 unspecified atom stereocenters. The first kappa shape index (κ1) is 11.6. The number of pyridine rings is 1. The summed E-state index contributed by atoms with van der Waals surface area (Å²) in [6, 6.07) is 5.44. The molecule has 0 aliphatic heterocycles. The van der Waals surface area contributed by atoms with Crippen LogP contribution in [-0.2, 0) is 0 Å². The number of carbonyl (C=O) groups excluding carboxylic acids is 1. The predicted octanol–water partition coefficient (Wildman–Crippen LogP) is 2.02. The second-order valence-corrected chi connectivity index (χ2v) is 4.35. The van der Waals surface area contributed by atoms with Gasteiger partial charge in [0.15, 0.2) is 0 Å². The molecule has 17 heavy (non-hydrogen) atoms. The normalized spacial score (nSPS) is 16.2. The van der Waals surface area contributed by atoms with Crippen LogP contribution in [0.2, 0.25) is 0 Å². The van der Waals surface area contributed by atoms with Crippen LogP contribution in [0.5, 0.6) is 0 Å². The molecule has 0 saturated heterocycles. The first-order valence-corrected chi connectivity index (χ1v) is 5.96. The molecular formula is C13H15N3O. The summed E-state index contributed by atoms with van der Waals surface area (Å²) < 4.78 is 0. The molecule has 2 rings (SSSR count). The zero-order valence-corrected chi connectivity index (χ0v) is 9.65. The zero-order chi connectivity index (χ0) is 12.1. The van der Waals surface area contributed by atoms with Crippen molar-refractivity contribution < 1.29 is 4.79 Å². The van der Waals surface area contributed by atoms with Gasteiger partial charge in [-0.05, 0) is 25.0 Å². The standard InChI is InChI=1S/C13H15N3O/c14-8-12-7-6-10(9-15-12)13(17)16-11-4-2-1-3-5-11/h6-7,9,11H,1-5H2,(H,16,17). The van der Waals surface area contributed by atoms with Crippen molar-refractivity contribution in [3.8, 4) is 6.07 Å². The van der Waals surface area contributed by atoms with Crippen LogP contribution in [-0.4, -0.2) is 16.9 Å². The quantitative estimate of drug-likeness (QED) is 0.843. The topological polar surface area (TPSA) is 65.8 Å². The van der Waals surface area contributed by atoms with Crippen molar-refractivity contribution in [3.63, 3.8) is 0 Å². The van der Waals surface area contributed by atoms with Crippen molar-refractivity contribution >= 4 is 5.91 Å². The average Bonchev–Trinajstić information content (AvgIpc) is 2.40. The molecule has 4 heteroatoms. The molecule has 0 atom stereocenters. The van der Waals surface area contributed by atoms with E-state index < -0.39 is 0 Å². The van der Waals surface area contributed by atoms with Crippen molar-refractivity contribution in [2.24, 2.45) is 0 Å². The molecule has 1 aliphatic rings. The van der Waals surface area contributed by atoms with Gasteiger partial charge >= 0.3 is 0 Å². The Morgan fingerprint density at radius 2 is 2.12 bits per heavy atom. The first-order valence-electron chi connectivity index (χ1n) is 5.96. The van der Waals surface area contributed by atoms with Crippen LogP contribution in [0.25, 0.3) is 0 Å². The second kappa shape index (κ2) is 5.44. The van der Waals surface area contributed by atoms with Gasteiger partial charge in [-0.15, -0.1) is 0 Å². The number of aromatic nitrogens is 1. The van der Waals surface area contributed by atoms with E-state index in [2.05, 4.69) is 10.3 Å². The number of hydrogen-bond donors (Lipinski definition) is 1. The predicted molar refractivity (Wildman–Crippen MR) is 63.3 cm³/mol. The average molecular weight is 229 g/mol. The van der Waals surface area contributed by atoms with Crippen molar-refractivity contribution in [2.45, 2.75) is 38.1 Å². The molecule has 0 radical (unpaired) electrons. The fraction of sp³-hybridized carbons (Fsp3) is 0.462. The van der Waals surface area contributed by atoms with Crippen LogP contribution >= 0.6 is 0 Å². The van der Waals surface area contributed by atoms with E-state index >= 15 is 0 Å². The summed E-state index contributed by atoms with van der Waals surface area (Å²) in [6.45, 7) is 0. The minimum atomic E-state index is -0.0890. The minimum absolute atomic E-state index is 0.0890. The van der Waals surface area contributed by atoms with Crippen LogP contribution in [0.15, 0.2) is 18.3 Å². The number of nitriles is 1. The van der Waals surface area contributed by atoms with E-state index in [0.717, 1.165) is 12.8 Å². The Labute approximate surface area is 101 Å². The molecule has 1 aromatic heterocycles. The van der Waals surface area contributed by atoms with Gasteiger partial charge in [-0.3, -0.25) is 4.79 Å². The highest BCUT2D eigenvalue weighted by Crippen LogP contribution is 2.17. The highest BCUT2D eigenvalue weighted by molar-refractivity contribution is 5.94. The summed E-state index contributed by atoms with van der Waals surface area (Å²) in [5.74, 6) is -0.0890. The highest BCUT2D eigenvalue weighted by Gasteiger charge is 2.16. The summed E-state index contributed by atoms with van der Waals surface area (Å²) in [5.41, 5.74) is 0.855. The van der Waals surface area contributed by atoms with Gasteiger partial charge in [-0.2, -0.15) is 5.26 Å². The first-order chi connectivity index (χ1) is 8.29. The molecule has 0 spiro atoms. The molecule has 1 aliphatic carbocycles. The number of hydrogen-bond acceptors (Lipinski definition) is 3. The molecule has 1 fully saturated rings. The van der Waals surface area contributed by atoms with Gasteiger partial charge in [0.2, 0.25) is 0 Å². The molecule has 1 saturated carbocycles. The van der Waals surface area contributed by atoms with Gasteiger partial charge in [0, 0.05) is 12.2 Å². The largest absolute Gasteiger partial charge is 0.349 e. The van der Waals surface area contributed by atoms with Crippen LogP contribution in [0.4, 0.5) is 0 Å². The summed E-state index contributed by atoms with van der Waals surface area (Å²) in [4.78, 5) is 15.8. The van der Waals surface area contributed by atoms with Crippen molar-refractivity contribution in [2.75, 3.05) is 0 Å². The Bertz CT molecular complexity index is 427. The molecule has 1 amide bonds. The zero-order valence-electron chi connectivity index (χ0n) is 9.65.